The lowest BCUT2D eigenvalue weighted by molar-refractivity contribution is -0.143. The van der Waals surface area contributed by atoms with Crippen LogP contribution in [0, 0.1) is 0 Å². The highest BCUT2D eigenvalue weighted by Gasteiger charge is 2.25. The molecule has 1 fully saturated rings. The van der Waals surface area contributed by atoms with Crippen LogP contribution < -0.4 is 11.2 Å². The minimum absolute atomic E-state index is 0.00864. The van der Waals surface area contributed by atoms with E-state index in [2.05, 4.69) is 4.98 Å². The fourth-order valence-electron chi connectivity index (χ4n) is 3.21. The number of fused-ring (bicyclic) bond motifs is 1. The number of aromatic nitrogens is 2. The third kappa shape index (κ3) is 3.26. The first kappa shape index (κ1) is 16.4. The second-order valence-electron chi connectivity index (χ2n) is 6.23. The summed E-state index contributed by atoms with van der Waals surface area (Å²) in [7, 11) is 0. The Morgan fingerprint density at radius 3 is 2.58 bits per heavy atom. The molecule has 0 saturated carbocycles. The first-order valence-electron chi connectivity index (χ1n) is 8.11. The number of rotatable bonds is 3. The zero-order chi connectivity index (χ0) is 17.3. The number of morpholine rings is 1. The quantitative estimate of drug-likeness (QED) is 0.898. The molecule has 7 heteroatoms. The summed E-state index contributed by atoms with van der Waals surface area (Å²) >= 11 is 0. The molecule has 24 heavy (non-hydrogen) atoms. The van der Waals surface area contributed by atoms with Crippen LogP contribution in [-0.4, -0.2) is 45.7 Å². The first-order chi connectivity index (χ1) is 11.5. The van der Waals surface area contributed by atoms with Crippen molar-refractivity contribution < 1.29 is 9.53 Å². The van der Waals surface area contributed by atoms with Gasteiger partial charge in [0.15, 0.2) is 0 Å². The monoisotopic (exact) mass is 331 g/mol. The van der Waals surface area contributed by atoms with Crippen molar-refractivity contribution in [2.45, 2.75) is 39.0 Å². The number of nitrogens with zero attached hydrogens (tertiary/aromatic N) is 2. The van der Waals surface area contributed by atoms with Crippen LogP contribution >= 0.6 is 0 Å². The van der Waals surface area contributed by atoms with Gasteiger partial charge in [0, 0.05) is 26.1 Å². The zero-order valence-corrected chi connectivity index (χ0v) is 13.8. The van der Waals surface area contributed by atoms with Crippen LogP contribution in [-0.2, 0) is 16.1 Å². The molecule has 2 aromatic rings. The molecule has 1 aliphatic heterocycles. The van der Waals surface area contributed by atoms with Gasteiger partial charge in [-0.1, -0.05) is 12.1 Å². The summed E-state index contributed by atoms with van der Waals surface area (Å²) < 4.78 is 7.08. The molecule has 1 saturated heterocycles. The predicted octanol–water partition coefficient (Wildman–Crippen LogP) is 0.716. The second-order valence-corrected chi connectivity index (χ2v) is 6.23. The third-order valence-corrected chi connectivity index (χ3v) is 4.23. The van der Waals surface area contributed by atoms with Gasteiger partial charge in [-0.15, -0.1) is 0 Å². The number of carbonyl (C=O) groups excluding carboxylic acids is 1. The molecule has 0 bridgehead atoms. The zero-order valence-electron chi connectivity index (χ0n) is 13.8. The Hall–Kier alpha value is -2.41. The van der Waals surface area contributed by atoms with Gasteiger partial charge in [0.2, 0.25) is 5.91 Å². The van der Waals surface area contributed by atoms with Gasteiger partial charge in [0.1, 0.15) is 0 Å². The predicted molar refractivity (Wildman–Crippen MR) is 90.0 cm³/mol. The number of aromatic amines is 1. The minimum atomic E-state index is -0.491. The minimum Gasteiger partial charge on any atom is -0.372 e. The molecule has 1 amide bonds. The average molecular weight is 331 g/mol. The maximum Gasteiger partial charge on any atom is 0.328 e. The highest BCUT2D eigenvalue weighted by Crippen LogP contribution is 2.13. The molecule has 1 N–H and O–H groups in total. The third-order valence-electron chi connectivity index (χ3n) is 4.23. The Kier molecular flexibility index (Phi) is 4.53. The standard InChI is InChI=1S/C17H21N3O4/c1-11-9-19(10-12(2)24-11)15(21)7-8-20-14-6-4-3-5-13(14)16(22)18-17(20)23/h3-6,11-12H,7-10H2,1-2H3,(H,18,22,23)/t11-,12+. The summed E-state index contributed by atoms with van der Waals surface area (Å²) in [6.07, 6.45) is 0.221. The van der Waals surface area contributed by atoms with E-state index < -0.39 is 11.2 Å². The smallest absolute Gasteiger partial charge is 0.328 e. The lowest BCUT2D eigenvalue weighted by atomic mass is 10.2. The molecule has 0 spiro atoms. The van der Waals surface area contributed by atoms with E-state index in [1.54, 1.807) is 29.2 Å². The van der Waals surface area contributed by atoms with Crippen molar-refractivity contribution in [1.82, 2.24) is 14.5 Å². The van der Waals surface area contributed by atoms with Crippen LogP contribution in [0.1, 0.15) is 20.3 Å². The Morgan fingerprint density at radius 1 is 1.21 bits per heavy atom. The average Bonchev–Trinajstić information content (AvgIpc) is 2.53. The second kappa shape index (κ2) is 6.60. The summed E-state index contributed by atoms with van der Waals surface area (Å²) in [6.45, 7) is 5.23. The summed E-state index contributed by atoms with van der Waals surface area (Å²) in [4.78, 5) is 40.5. The molecule has 1 aromatic carbocycles. The fraction of sp³-hybridized carbons (Fsp3) is 0.471. The normalized spacial score (nSPS) is 21.2. The van der Waals surface area contributed by atoms with Crippen molar-refractivity contribution >= 4 is 16.8 Å². The van der Waals surface area contributed by atoms with Crippen LogP contribution in [0.2, 0.25) is 0 Å². The van der Waals surface area contributed by atoms with Gasteiger partial charge in [-0.3, -0.25) is 19.1 Å². The van der Waals surface area contributed by atoms with E-state index in [9.17, 15) is 14.4 Å². The van der Waals surface area contributed by atoms with Crippen LogP contribution in [0.4, 0.5) is 0 Å². The highest BCUT2D eigenvalue weighted by atomic mass is 16.5. The van der Waals surface area contributed by atoms with Gasteiger partial charge in [-0.05, 0) is 26.0 Å². The van der Waals surface area contributed by atoms with Crippen molar-refractivity contribution in [3.05, 3.63) is 45.1 Å². The molecule has 0 radical (unpaired) electrons. The van der Waals surface area contributed by atoms with Crippen molar-refractivity contribution in [3.63, 3.8) is 0 Å². The molecular formula is C17H21N3O4. The van der Waals surface area contributed by atoms with E-state index in [4.69, 9.17) is 4.74 Å². The number of para-hydroxylation sites is 1. The van der Waals surface area contributed by atoms with Crippen molar-refractivity contribution in [1.29, 1.82) is 0 Å². The van der Waals surface area contributed by atoms with E-state index in [0.717, 1.165) is 0 Å². The molecule has 3 rings (SSSR count). The topological polar surface area (TPSA) is 84.4 Å². The SMILES string of the molecule is C[C@@H]1CN(C(=O)CCn2c(=O)[nH]c(=O)c3ccccc32)C[C@H](C)O1. The number of carbonyl (C=O) groups is 1. The number of hydrogen-bond donors (Lipinski definition) is 1. The van der Waals surface area contributed by atoms with E-state index in [-0.39, 0.29) is 31.1 Å². The van der Waals surface area contributed by atoms with Crippen molar-refractivity contribution in [2.75, 3.05) is 13.1 Å². The lowest BCUT2D eigenvalue weighted by Crippen LogP contribution is -2.48. The van der Waals surface area contributed by atoms with E-state index in [1.165, 1.54) is 4.57 Å². The summed E-state index contributed by atoms with van der Waals surface area (Å²) in [5, 5.41) is 0.443. The van der Waals surface area contributed by atoms with Gasteiger partial charge in [-0.2, -0.15) is 0 Å². The summed E-state index contributed by atoms with van der Waals surface area (Å²) in [5.41, 5.74) is -0.355. The van der Waals surface area contributed by atoms with Crippen LogP contribution in [0.5, 0.6) is 0 Å². The highest BCUT2D eigenvalue weighted by molar-refractivity contribution is 5.79. The van der Waals surface area contributed by atoms with Gasteiger partial charge in [0.05, 0.1) is 23.1 Å². The van der Waals surface area contributed by atoms with Crippen molar-refractivity contribution in [3.8, 4) is 0 Å². The Morgan fingerprint density at radius 2 is 1.88 bits per heavy atom. The van der Waals surface area contributed by atoms with Crippen molar-refractivity contribution in [2.24, 2.45) is 0 Å². The molecule has 128 valence electrons. The van der Waals surface area contributed by atoms with Crippen LogP contribution in [0.25, 0.3) is 10.9 Å². The number of H-pyrrole nitrogens is 1. The first-order valence-corrected chi connectivity index (χ1v) is 8.11. The molecule has 1 aliphatic rings. The molecular weight excluding hydrogens is 310 g/mol. The van der Waals surface area contributed by atoms with Gasteiger partial charge >= 0.3 is 5.69 Å². The number of benzene rings is 1. The number of ether oxygens (including phenoxy) is 1. The molecule has 0 aliphatic carbocycles. The van der Waals surface area contributed by atoms with Crippen LogP contribution in [0.3, 0.4) is 0 Å². The molecule has 2 heterocycles. The maximum atomic E-state index is 12.5. The summed E-state index contributed by atoms with van der Waals surface area (Å²) in [5.74, 6) is -0.0146. The van der Waals surface area contributed by atoms with E-state index >= 15 is 0 Å². The molecule has 1 aromatic heterocycles. The Bertz CT molecular complexity index is 860. The van der Waals surface area contributed by atoms with Crippen LogP contribution in [0.15, 0.2) is 33.9 Å². The maximum absolute atomic E-state index is 12.5. The molecule has 7 nitrogen and oxygen atoms in total. The number of nitrogens with one attached hydrogen (secondary N) is 1. The van der Waals surface area contributed by atoms with Gasteiger partial charge < -0.3 is 9.64 Å². The lowest BCUT2D eigenvalue weighted by Gasteiger charge is -2.35. The summed E-state index contributed by atoms with van der Waals surface area (Å²) in [6, 6.07) is 6.89. The molecule has 0 unspecified atom stereocenters. The van der Waals surface area contributed by atoms with E-state index in [1.807, 2.05) is 13.8 Å². The Labute approximate surface area is 138 Å². The van der Waals surface area contributed by atoms with Gasteiger partial charge in [0.25, 0.3) is 5.56 Å². The largest absolute Gasteiger partial charge is 0.372 e. The number of aryl methyl sites for hydroxylation is 1. The van der Waals surface area contributed by atoms with Gasteiger partial charge in [-0.25, -0.2) is 4.79 Å². The molecule has 2 atom stereocenters. The van der Waals surface area contributed by atoms with E-state index in [0.29, 0.717) is 24.0 Å². The Balaban J connectivity index is 1.80. The number of amides is 1. The number of hydrogen-bond acceptors (Lipinski definition) is 4. The fourth-order valence-corrected chi connectivity index (χ4v) is 3.21.